The highest BCUT2D eigenvalue weighted by Crippen LogP contribution is 2.24. The van der Waals surface area contributed by atoms with Crippen molar-refractivity contribution in [3.63, 3.8) is 0 Å². The monoisotopic (exact) mass is 919 g/mol. The molecule has 0 aromatic carbocycles. The molecule has 6 atom stereocenters. The van der Waals surface area contributed by atoms with E-state index in [-0.39, 0.29) is 19.4 Å². The number of aliphatic hydroxyl groups is 3. The van der Waals surface area contributed by atoms with Gasteiger partial charge in [-0.1, -0.05) is 199 Å². The van der Waals surface area contributed by atoms with E-state index >= 15 is 0 Å². The Hall–Kier alpha value is -1.61. The van der Waals surface area contributed by atoms with Crippen LogP contribution in [0.5, 0.6) is 0 Å². The Labute approximate surface area is 384 Å². The second-order valence-electron chi connectivity index (χ2n) is 18.2. The predicted molar refractivity (Wildman–Crippen MR) is 252 cm³/mol. The average Bonchev–Trinajstić information content (AvgIpc) is 3.25. The topological polar surface area (TPSA) is 186 Å². The molecule has 0 amide bonds. The van der Waals surface area contributed by atoms with Gasteiger partial charge in [-0.2, -0.15) is 8.42 Å². The van der Waals surface area contributed by atoms with Crippen molar-refractivity contribution in [2.75, 3.05) is 19.0 Å². The molecule has 13 heteroatoms. The summed E-state index contributed by atoms with van der Waals surface area (Å²) in [5.41, 5.74) is 0. The van der Waals surface area contributed by atoms with Gasteiger partial charge in [0.1, 0.15) is 36.8 Å². The number of allylic oxidation sites excluding steroid dienone is 2. The summed E-state index contributed by atoms with van der Waals surface area (Å²) in [6.07, 6.45) is 35.5. The number of unbranched alkanes of at least 4 members (excludes halogenated alkanes) is 30. The molecule has 1 aliphatic rings. The van der Waals surface area contributed by atoms with E-state index in [0.29, 0.717) is 12.8 Å². The number of hydrogen-bond acceptors (Lipinski definition) is 11. The van der Waals surface area contributed by atoms with Crippen LogP contribution < -0.4 is 0 Å². The molecule has 12 nitrogen and oxygen atoms in total. The van der Waals surface area contributed by atoms with Crippen LogP contribution in [0.25, 0.3) is 0 Å². The first-order chi connectivity index (χ1) is 30.5. The van der Waals surface area contributed by atoms with Crippen LogP contribution in [-0.2, 0) is 38.7 Å². The van der Waals surface area contributed by atoms with Crippen LogP contribution in [0.15, 0.2) is 12.2 Å². The van der Waals surface area contributed by atoms with E-state index in [1.54, 1.807) is 0 Å². The largest absolute Gasteiger partial charge is 0.462 e. The first-order valence-corrected chi connectivity index (χ1v) is 27.4. The molecule has 1 fully saturated rings. The molecule has 1 aliphatic heterocycles. The second-order valence-corrected chi connectivity index (χ2v) is 19.7. The SMILES string of the molecule is CCCCCC/C=C\CCCCCCCC(=O)OC(COC(=O)CCCCCCCCCCCCCCCCCCCCCCCC)COC1OC(CS(=O)(=O)O)C(O)C(O)C1O. The van der Waals surface area contributed by atoms with Crippen LogP contribution in [-0.4, -0.2) is 96.0 Å². The molecule has 0 bridgehead atoms. The molecule has 63 heavy (non-hydrogen) atoms. The van der Waals surface area contributed by atoms with Crippen molar-refractivity contribution >= 4 is 22.1 Å². The zero-order valence-electron chi connectivity index (χ0n) is 40.0. The lowest BCUT2D eigenvalue weighted by molar-refractivity contribution is -0.297. The zero-order chi connectivity index (χ0) is 46.2. The van der Waals surface area contributed by atoms with E-state index in [0.717, 1.165) is 57.8 Å². The Morgan fingerprint density at radius 3 is 1.33 bits per heavy atom. The van der Waals surface area contributed by atoms with Crippen LogP contribution >= 0.6 is 0 Å². The van der Waals surface area contributed by atoms with E-state index in [4.69, 9.17) is 18.9 Å². The van der Waals surface area contributed by atoms with Crippen molar-refractivity contribution in [2.24, 2.45) is 0 Å². The summed E-state index contributed by atoms with van der Waals surface area (Å²) < 4.78 is 54.2. The maximum atomic E-state index is 12.8. The van der Waals surface area contributed by atoms with E-state index in [1.165, 1.54) is 141 Å². The van der Waals surface area contributed by atoms with Gasteiger partial charge in [0, 0.05) is 12.8 Å². The fourth-order valence-electron chi connectivity index (χ4n) is 8.09. The van der Waals surface area contributed by atoms with E-state index in [2.05, 4.69) is 26.0 Å². The molecule has 1 heterocycles. The lowest BCUT2D eigenvalue weighted by atomic mass is 10.00. The number of esters is 2. The van der Waals surface area contributed by atoms with Crippen LogP contribution in [0, 0.1) is 0 Å². The molecule has 4 N–H and O–H groups in total. The molecule has 1 saturated heterocycles. The lowest BCUT2D eigenvalue weighted by Crippen LogP contribution is -2.60. The molecule has 0 aliphatic carbocycles. The lowest BCUT2D eigenvalue weighted by Gasteiger charge is -2.40. The van der Waals surface area contributed by atoms with Gasteiger partial charge < -0.3 is 34.3 Å². The van der Waals surface area contributed by atoms with Crippen molar-refractivity contribution in [1.82, 2.24) is 0 Å². The maximum Gasteiger partial charge on any atom is 0.306 e. The molecule has 6 unspecified atom stereocenters. The van der Waals surface area contributed by atoms with Gasteiger partial charge in [-0.15, -0.1) is 0 Å². The Kier molecular flexibility index (Phi) is 38.3. The first kappa shape index (κ1) is 59.4. The van der Waals surface area contributed by atoms with Gasteiger partial charge >= 0.3 is 11.9 Å². The number of carbonyl (C=O) groups is 2. The first-order valence-electron chi connectivity index (χ1n) is 25.7. The Morgan fingerprint density at radius 2 is 0.905 bits per heavy atom. The molecule has 1 rings (SSSR count). The molecular weight excluding hydrogens is 825 g/mol. The van der Waals surface area contributed by atoms with Crippen molar-refractivity contribution < 1.29 is 56.8 Å². The third-order valence-electron chi connectivity index (χ3n) is 12.1. The fourth-order valence-corrected chi connectivity index (χ4v) is 8.78. The van der Waals surface area contributed by atoms with E-state index in [1.807, 2.05) is 0 Å². The van der Waals surface area contributed by atoms with Gasteiger partial charge in [0.25, 0.3) is 10.1 Å². The van der Waals surface area contributed by atoms with Gasteiger partial charge in [-0.3, -0.25) is 14.1 Å². The minimum atomic E-state index is -4.60. The Morgan fingerprint density at radius 1 is 0.524 bits per heavy atom. The molecule has 0 saturated carbocycles. The van der Waals surface area contributed by atoms with Crippen molar-refractivity contribution in [3.8, 4) is 0 Å². The second kappa shape index (κ2) is 40.6. The van der Waals surface area contributed by atoms with Crippen LogP contribution in [0.2, 0.25) is 0 Å². The molecule has 0 radical (unpaired) electrons. The number of carbonyl (C=O) groups excluding carboxylic acids is 2. The number of aliphatic hydroxyl groups excluding tert-OH is 3. The third kappa shape index (κ3) is 35.3. The summed E-state index contributed by atoms with van der Waals surface area (Å²) in [5, 5.41) is 30.9. The van der Waals surface area contributed by atoms with Gasteiger partial charge in [0.05, 0.1) is 6.61 Å². The Balaban J connectivity index is 2.32. The summed E-state index contributed by atoms with van der Waals surface area (Å²) in [7, 11) is -4.60. The minimum Gasteiger partial charge on any atom is -0.462 e. The molecular formula is C50H94O12S. The smallest absolute Gasteiger partial charge is 0.306 e. The summed E-state index contributed by atoms with van der Waals surface area (Å²) in [6.45, 7) is 3.77. The quantitative estimate of drug-likeness (QED) is 0.0196. The standard InChI is InChI=1S/C50H94O12S/c1-3-5-7-9-11-13-15-17-18-19-20-21-22-23-24-25-27-28-30-32-34-36-38-45(51)59-40-43(41-60-50-49(55)48(54)47(53)44(62-50)42-63(56,57)58)61-46(52)39-37-35-33-31-29-26-16-14-12-10-8-6-4-2/h14,16,43-44,47-50,53-55H,3-13,15,17-42H2,1-2H3,(H,56,57,58)/b16-14-. The summed E-state index contributed by atoms with van der Waals surface area (Å²) in [4.78, 5) is 25.5. The number of hydrogen-bond donors (Lipinski definition) is 4. The van der Waals surface area contributed by atoms with Crippen molar-refractivity contribution in [3.05, 3.63) is 12.2 Å². The van der Waals surface area contributed by atoms with E-state index < -0.39 is 71.2 Å². The molecule has 0 aromatic heterocycles. The number of rotatable bonds is 44. The highest BCUT2D eigenvalue weighted by Gasteiger charge is 2.46. The van der Waals surface area contributed by atoms with Gasteiger partial charge in [0.15, 0.2) is 12.4 Å². The van der Waals surface area contributed by atoms with Crippen LogP contribution in [0.3, 0.4) is 0 Å². The minimum absolute atomic E-state index is 0.158. The van der Waals surface area contributed by atoms with Crippen LogP contribution in [0.4, 0.5) is 0 Å². The van der Waals surface area contributed by atoms with Crippen molar-refractivity contribution in [1.29, 1.82) is 0 Å². The van der Waals surface area contributed by atoms with Gasteiger partial charge in [0.2, 0.25) is 0 Å². The van der Waals surface area contributed by atoms with Crippen LogP contribution in [0.1, 0.15) is 239 Å². The summed E-state index contributed by atoms with van der Waals surface area (Å²) in [5.74, 6) is -1.98. The fraction of sp³-hybridized carbons (Fsp3) is 0.920. The number of ether oxygens (including phenoxy) is 4. The summed E-state index contributed by atoms with van der Waals surface area (Å²) in [6, 6.07) is 0. The maximum absolute atomic E-state index is 12.8. The van der Waals surface area contributed by atoms with Crippen molar-refractivity contribution in [2.45, 2.75) is 275 Å². The highest BCUT2D eigenvalue weighted by atomic mass is 32.2. The molecule has 0 spiro atoms. The average molecular weight is 919 g/mol. The van der Waals surface area contributed by atoms with Gasteiger partial charge in [-0.05, 0) is 38.5 Å². The predicted octanol–water partition coefficient (Wildman–Crippen LogP) is 11.4. The van der Waals surface area contributed by atoms with E-state index in [9.17, 15) is 37.9 Å². The summed E-state index contributed by atoms with van der Waals surface area (Å²) >= 11 is 0. The highest BCUT2D eigenvalue weighted by molar-refractivity contribution is 7.85. The molecule has 0 aromatic rings. The normalized spacial score (nSPS) is 19.7. The Bertz CT molecular complexity index is 1210. The third-order valence-corrected chi connectivity index (χ3v) is 12.8. The zero-order valence-corrected chi connectivity index (χ0v) is 40.8. The molecule has 372 valence electrons. The van der Waals surface area contributed by atoms with Gasteiger partial charge in [-0.25, -0.2) is 0 Å².